The maximum absolute atomic E-state index is 15.8. The number of hydrogen-bond donors (Lipinski definition) is 0. The molecule has 6 aromatic rings. The molecule has 0 amide bonds. The molecule has 0 aliphatic carbocycles. The molecule has 3 nitrogen and oxygen atoms in total. The Bertz CT molecular complexity index is 1590. The van der Waals surface area contributed by atoms with Crippen LogP contribution in [0.4, 0.5) is 4.39 Å². The van der Waals surface area contributed by atoms with E-state index in [1.165, 1.54) is 42.0 Å². The summed E-state index contributed by atoms with van der Waals surface area (Å²) in [5.74, 6) is -0.443. The van der Waals surface area contributed by atoms with E-state index in [0.29, 0.717) is 22.2 Å². The second-order valence-corrected chi connectivity index (χ2v) is 10.8. The van der Waals surface area contributed by atoms with E-state index in [-0.39, 0.29) is 5.02 Å². The molecule has 2 aromatic carbocycles. The molecule has 0 saturated carbocycles. The Morgan fingerprint density at radius 1 is 0.903 bits per heavy atom. The van der Waals surface area contributed by atoms with E-state index in [0.717, 1.165) is 15.1 Å². The average molecular weight is 484 g/mol. The molecule has 154 valence electrons. The molecule has 0 atom stereocenters. The summed E-state index contributed by atoms with van der Waals surface area (Å²) in [6, 6.07) is 8.09. The highest BCUT2D eigenvalue weighted by Crippen LogP contribution is 2.48. The largest absolute Gasteiger partial charge is 0.205 e. The molecule has 0 unspecified atom stereocenters. The summed E-state index contributed by atoms with van der Waals surface area (Å²) in [6.45, 7) is 4.27. The van der Waals surface area contributed by atoms with Gasteiger partial charge in [-0.2, -0.15) is 15.0 Å². The Kier molecular flexibility index (Phi) is 4.27. The predicted octanol–water partition coefficient (Wildman–Crippen LogP) is 8.20. The predicted molar refractivity (Wildman–Crippen MR) is 132 cm³/mol. The smallest absolute Gasteiger partial charge is 0.153 e. The summed E-state index contributed by atoms with van der Waals surface area (Å²) in [7, 11) is 1.75. The number of aryl methyl sites for hydroxylation is 3. The van der Waals surface area contributed by atoms with Crippen molar-refractivity contribution in [1.82, 2.24) is 15.0 Å². The Hall–Kier alpha value is -2.32. The topological polar surface area (TPSA) is 30.7 Å². The maximum atomic E-state index is 15.8. The van der Waals surface area contributed by atoms with Crippen LogP contribution in [-0.4, -0.2) is 15.0 Å². The standard InChI is InChI=1S/C23H15ClFN3S3/c1-10-12-6-8-30-22(12)11(2)13-9-15(31-23(10)13)17-19(25)18(24)16(14-5-4-7-29-14)20-21(17)27-28(3)26-20/h4-9H,1-3H3. The number of hydrogen-bond acceptors (Lipinski definition) is 5. The van der Waals surface area contributed by atoms with Crippen LogP contribution in [0.1, 0.15) is 11.1 Å². The quantitative estimate of drug-likeness (QED) is 0.248. The van der Waals surface area contributed by atoms with Crippen molar-refractivity contribution in [1.29, 1.82) is 0 Å². The van der Waals surface area contributed by atoms with E-state index in [1.807, 2.05) is 17.5 Å². The molecule has 0 bridgehead atoms. The van der Waals surface area contributed by atoms with E-state index >= 15 is 4.39 Å². The van der Waals surface area contributed by atoms with Crippen LogP contribution in [0, 0.1) is 19.7 Å². The Labute approximate surface area is 194 Å². The SMILES string of the molecule is Cc1c2cc(-c3c(F)c(Cl)c(-c4cccs4)c4nn(C)nc34)sc2c(C)c2ccsc12. The van der Waals surface area contributed by atoms with Gasteiger partial charge in [0.25, 0.3) is 0 Å². The first kappa shape index (κ1) is 19.4. The number of nitrogens with zero attached hydrogens (tertiary/aromatic N) is 3. The van der Waals surface area contributed by atoms with Gasteiger partial charge >= 0.3 is 0 Å². The third kappa shape index (κ3) is 2.67. The van der Waals surface area contributed by atoms with Gasteiger partial charge in [-0.05, 0) is 64.7 Å². The molecule has 0 aliphatic rings. The Balaban J connectivity index is 1.72. The highest BCUT2D eigenvalue weighted by atomic mass is 35.5. The number of rotatable bonds is 2. The summed E-state index contributed by atoms with van der Waals surface area (Å²) in [4.78, 5) is 3.19. The summed E-state index contributed by atoms with van der Waals surface area (Å²) in [6.07, 6.45) is 0. The third-order valence-corrected chi connectivity index (χ3v) is 9.27. The molecule has 0 spiro atoms. The van der Waals surface area contributed by atoms with Gasteiger partial charge in [0.1, 0.15) is 11.0 Å². The van der Waals surface area contributed by atoms with Crippen molar-refractivity contribution in [2.75, 3.05) is 0 Å². The lowest BCUT2D eigenvalue weighted by atomic mass is 10.0. The van der Waals surface area contributed by atoms with Gasteiger partial charge < -0.3 is 0 Å². The maximum Gasteiger partial charge on any atom is 0.153 e. The van der Waals surface area contributed by atoms with Crippen molar-refractivity contribution in [3.05, 3.63) is 57.0 Å². The first-order valence-electron chi connectivity index (χ1n) is 9.61. The molecule has 0 fully saturated rings. The van der Waals surface area contributed by atoms with Crippen molar-refractivity contribution in [3.8, 4) is 20.9 Å². The fourth-order valence-corrected chi connectivity index (χ4v) is 7.62. The van der Waals surface area contributed by atoms with Crippen LogP contribution in [0.5, 0.6) is 0 Å². The summed E-state index contributed by atoms with van der Waals surface area (Å²) >= 11 is 11.5. The van der Waals surface area contributed by atoms with Gasteiger partial charge in [0, 0.05) is 31.8 Å². The second kappa shape index (κ2) is 6.84. The van der Waals surface area contributed by atoms with Gasteiger partial charge in [0.2, 0.25) is 0 Å². The van der Waals surface area contributed by atoms with Crippen LogP contribution in [0.3, 0.4) is 0 Å². The van der Waals surface area contributed by atoms with Crippen LogP contribution in [0.15, 0.2) is 35.0 Å². The van der Waals surface area contributed by atoms with Crippen LogP contribution in [-0.2, 0) is 7.05 Å². The lowest BCUT2D eigenvalue weighted by molar-refractivity contribution is 0.633. The van der Waals surface area contributed by atoms with Gasteiger partial charge in [-0.3, -0.25) is 0 Å². The van der Waals surface area contributed by atoms with Crippen LogP contribution in [0.2, 0.25) is 5.02 Å². The van der Waals surface area contributed by atoms with E-state index in [9.17, 15) is 0 Å². The molecular weight excluding hydrogens is 469 g/mol. The fourth-order valence-electron chi connectivity index (χ4n) is 4.25. The first-order valence-corrected chi connectivity index (χ1v) is 12.6. The van der Waals surface area contributed by atoms with Crippen molar-refractivity contribution in [2.45, 2.75) is 13.8 Å². The first-order chi connectivity index (χ1) is 15.0. The minimum absolute atomic E-state index is 0.0948. The monoisotopic (exact) mass is 483 g/mol. The molecule has 0 N–H and O–H groups in total. The van der Waals surface area contributed by atoms with Gasteiger partial charge in [-0.15, -0.1) is 34.0 Å². The molecular formula is C23H15ClFN3S3. The van der Waals surface area contributed by atoms with Crippen molar-refractivity contribution < 1.29 is 4.39 Å². The molecule has 0 aliphatic heterocycles. The number of halogens is 2. The van der Waals surface area contributed by atoms with E-state index < -0.39 is 5.82 Å². The summed E-state index contributed by atoms with van der Waals surface area (Å²) in [5.41, 5.74) is 4.65. The fraction of sp³-hybridized carbons (Fsp3) is 0.130. The van der Waals surface area contributed by atoms with Gasteiger partial charge in [0.15, 0.2) is 5.82 Å². The minimum atomic E-state index is -0.443. The molecule has 0 radical (unpaired) electrons. The molecule has 4 heterocycles. The zero-order chi connectivity index (χ0) is 21.4. The normalized spacial score (nSPS) is 12.0. The van der Waals surface area contributed by atoms with Crippen LogP contribution in [0.25, 0.3) is 52.1 Å². The number of benzene rings is 2. The highest BCUT2D eigenvalue weighted by Gasteiger charge is 2.26. The minimum Gasteiger partial charge on any atom is -0.205 e. The van der Waals surface area contributed by atoms with E-state index in [1.54, 1.807) is 29.7 Å². The number of aromatic nitrogens is 3. The van der Waals surface area contributed by atoms with Crippen molar-refractivity contribution in [2.24, 2.45) is 7.05 Å². The van der Waals surface area contributed by atoms with Crippen LogP contribution < -0.4 is 0 Å². The molecule has 4 aromatic heterocycles. The number of thiophene rings is 3. The molecule has 6 rings (SSSR count). The lowest BCUT2D eigenvalue weighted by Crippen LogP contribution is -1.91. The molecule has 31 heavy (non-hydrogen) atoms. The van der Waals surface area contributed by atoms with Gasteiger partial charge in [-0.1, -0.05) is 17.7 Å². The Morgan fingerprint density at radius 2 is 1.65 bits per heavy atom. The van der Waals surface area contributed by atoms with Gasteiger partial charge in [0.05, 0.1) is 10.6 Å². The van der Waals surface area contributed by atoms with Crippen molar-refractivity contribution >= 4 is 76.8 Å². The zero-order valence-electron chi connectivity index (χ0n) is 16.8. The van der Waals surface area contributed by atoms with Crippen molar-refractivity contribution in [3.63, 3.8) is 0 Å². The average Bonchev–Trinajstić information content (AvgIpc) is 3.53. The second-order valence-electron chi connectivity index (χ2n) is 7.51. The van der Waals surface area contributed by atoms with E-state index in [4.69, 9.17) is 11.6 Å². The van der Waals surface area contributed by atoms with Crippen LogP contribution >= 0.6 is 45.6 Å². The summed E-state index contributed by atoms with van der Waals surface area (Å²) < 4.78 is 18.3. The molecule has 8 heteroatoms. The number of fused-ring (bicyclic) bond motifs is 3. The molecule has 0 saturated heterocycles. The summed E-state index contributed by atoms with van der Waals surface area (Å²) in [5, 5.41) is 15.7. The highest BCUT2D eigenvalue weighted by molar-refractivity contribution is 7.23. The zero-order valence-corrected chi connectivity index (χ0v) is 20.0. The van der Waals surface area contributed by atoms with E-state index in [2.05, 4.69) is 41.6 Å². The van der Waals surface area contributed by atoms with Gasteiger partial charge in [-0.25, -0.2) is 4.39 Å². The lowest BCUT2D eigenvalue weighted by Gasteiger charge is -2.08. The Morgan fingerprint density at radius 3 is 2.39 bits per heavy atom. The third-order valence-electron chi connectivity index (χ3n) is 5.72.